The highest BCUT2D eigenvalue weighted by molar-refractivity contribution is 7.27. The SMILES string of the molecule is c1ccc(-c2cc3ccccc3c3c2sc2c(-c4nc(-n5c6ccccc6c6cc7ccccc7cc65)c5ccccc5n4)cccc23)cc1. The van der Waals surface area contributed by atoms with Crippen molar-refractivity contribution in [1.82, 2.24) is 14.5 Å². The molecule has 0 aliphatic rings. The van der Waals surface area contributed by atoms with E-state index in [9.17, 15) is 0 Å². The van der Waals surface area contributed by atoms with Crippen LogP contribution in [-0.2, 0) is 0 Å². The summed E-state index contributed by atoms with van der Waals surface area (Å²) in [5, 5.41) is 10.9. The fourth-order valence-corrected chi connectivity index (χ4v) is 9.25. The average Bonchev–Trinajstić information content (AvgIpc) is 3.73. The molecule has 0 saturated heterocycles. The first-order chi connectivity index (χ1) is 24.8. The molecule has 0 bridgehead atoms. The average molecular weight is 654 g/mol. The first-order valence-electron chi connectivity index (χ1n) is 16.9. The van der Waals surface area contributed by atoms with Crippen LogP contribution in [0.25, 0.3) is 103 Å². The van der Waals surface area contributed by atoms with Gasteiger partial charge in [-0.15, -0.1) is 11.3 Å². The number of thiophene rings is 1. The summed E-state index contributed by atoms with van der Waals surface area (Å²) in [7, 11) is 0. The molecule has 3 nitrogen and oxygen atoms in total. The van der Waals surface area contributed by atoms with Crippen molar-refractivity contribution in [2.75, 3.05) is 0 Å². The van der Waals surface area contributed by atoms with Crippen LogP contribution in [0.15, 0.2) is 164 Å². The molecule has 0 unspecified atom stereocenters. The molecule has 50 heavy (non-hydrogen) atoms. The van der Waals surface area contributed by atoms with Gasteiger partial charge in [-0.25, -0.2) is 9.97 Å². The standard InChI is InChI=1S/C46H27N3S/c1-2-13-28(14-3-1)37-26-31-17-6-7-18-32(31)42-35-21-12-22-36(43(35)50-44(37)42)45-47-39-23-10-8-20-34(39)46(48-45)49-40-24-11-9-19-33(40)38-25-29-15-4-5-16-30(29)27-41(38)49/h1-27H. The highest BCUT2D eigenvalue weighted by Gasteiger charge is 2.21. The van der Waals surface area contributed by atoms with Gasteiger partial charge in [-0.2, -0.15) is 0 Å². The van der Waals surface area contributed by atoms with Crippen LogP contribution in [0.5, 0.6) is 0 Å². The molecule has 0 atom stereocenters. The molecule has 11 aromatic rings. The Morgan fingerprint density at radius 2 is 1.10 bits per heavy atom. The summed E-state index contributed by atoms with van der Waals surface area (Å²) in [5.41, 5.74) is 6.71. The van der Waals surface area contributed by atoms with E-state index in [0.717, 1.165) is 39.1 Å². The van der Waals surface area contributed by atoms with Gasteiger partial charge in [0.15, 0.2) is 5.82 Å². The van der Waals surface area contributed by atoms with Gasteiger partial charge in [-0.1, -0.05) is 121 Å². The molecular formula is C46H27N3S. The van der Waals surface area contributed by atoms with Crippen LogP contribution < -0.4 is 0 Å². The Labute approximate surface area is 291 Å². The van der Waals surface area contributed by atoms with Gasteiger partial charge in [0, 0.05) is 47.5 Å². The predicted octanol–water partition coefficient (Wildman–Crippen LogP) is 12.7. The van der Waals surface area contributed by atoms with Gasteiger partial charge < -0.3 is 0 Å². The smallest absolute Gasteiger partial charge is 0.163 e. The number of fused-ring (bicyclic) bond motifs is 10. The van der Waals surface area contributed by atoms with Gasteiger partial charge in [-0.05, 0) is 69.6 Å². The molecule has 4 heteroatoms. The molecule has 0 saturated carbocycles. The maximum absolute atomic E-state index is 5.52. The summed E-state index contributed by atoms with van der Waals surface area (Å²) in [6.45, 7) is 0. The third-order valence-corrected chi connectivity index (χ3v) is 11.4. The first kappa shape index (κ1) is 27.6. The quantitative estimate of drug-likeness (QED) is 0.190. The molecule has 232 valence electrons. The second kappa shape index (κ2) is 10.6. The largest absolute Gasteiger partial charge is 0.293 e. The first-order valence-corrected chi connectivity index (χ1v) is 17.7. The van der Waals surface area contributed by atoms with E-state index in [1.165, 1.54) is 63.6 Å². The molecule has 0 N–H and O–H groups in total. The normalized spacial score (nSPS) is 12.0. The van der Waals surface area contributed by atoms with E-state index in [2.05, 4.69) is 168 Å². The fraction of sp³-hybridized carbons (Fsp3) is 0. The molecule has 3 heterocycles. The van der Waals surface area contributed by atoms with Crippen LogP contribution in [0, 0.1) is 0 Å². The Hall–Kier alpha value is -6.36. The predicted molar refractivity (Wildman–Crippen MR) is 213 cm³/mol. The maximum atomic E-state index is 5.52. The van der Waals surface area contributed by atoms with Gasteiger partial charge >= 0.3 is 0 Å². The Bertz CT molecular complexity index is 3150. The van der Waals surface area contributed by atoms with E-state index in [-0.39, 0.29) is 0 Å². The van der Waals surface area contributed by atoms with Crippen molar-refractivity contribution >= 4 is 85.8 Å². The van der Waals surface area contributed by atoms with Crippen LogP contribution in [0.1, 0.15) is 0 Å². The van der Waals surface area contributed by atoms with Crippen molar-refractivity contribution < 1.29 is 0 Å². The van der Waals surface area contributed by atoms with E-state index >= 15 is 0 Å². The minimum Gasteiger partial charge on any atom is -0.293 e. The maximum Gasteiger partial charge on any atom is 0.163 e. The highest BCUT2D eigenvalue weighted by Crippen LogP contribution is 2.47. The van der Waals surface area contributed by atoms with E-state index in [4.69, 9.17) is 9.97 Å². The third-order valence-electron chi connectivity index (χ3n) is 10.2. The topological polar surface area (TPSA) is 30.7 Å². The van der Waals surface area contributed by atoms with Crippen LogP contribution in [0.2, 0.25) is 0 Å². The number of rotatable bonds is 3. The zero-order valence-corrected chi connectivity index (χ0v) is 27.7. The Balaban J connectivity index is 1.24. The molecule has 0 spiro atoms. The second-order valence-corrected chi connectivity index (χ2v) is 14.0. The molecule has 0 aliphatic heterocycles. The van der Waals surface area contributed by atoms with E-state index in [1.807, 2.05) is 11.3 Å². The Morgan fingerprint density at radius 1 is 0.420 bits per heavy atom. The molecule has 11 rings (SSSR count). The molecule has 0 fully saturated rings. The molecule has 8 aromatic carbocycles. The number of hydrogen-bond acceptors (Lipinski definition) is 3. The van der Waals surface area contributed by atoms with Crippen LogP contribution in [0.4, 0.5) is 0 Å². The molecular weight excluding hydrogens is 627 g/mol. The Kier molecular flexibility index (Phi) is 5.83. The van der Waals surface area contributed by atoms with Gasteiger partial charge in [0.2, 0.25) is 0 Å². The summed E-state index contributed by atoms with van der Waals surface area (Å²) in [6, 6.07) is 58.8. The zero-order chi connectivity index (χ0) is 32.8. The van der Waals surface area contributed by atoms with Gasteiger partial charge in [-0.3, -0.25) is 4.57 Å². The van der Waals surface area contributed by atoms with Gasteiger partial charge in [0.05, 0.1) is 16.6 Å². The number of aromatic nitrogens is 3. The van der Waals surface area contributed by atoms with Crippen molar-refractivity contribution in [1.29, 1.82) is 0 Å². The number of benzene rings is 8. The highest BCUT2D eigenvalue weighted by atomic mass is 32.1. The minimum atomic E-state index is 0.730. The Morgan fingerprint density at radius 3 is 1.96 bits per heavy atom. The lowest BCUT2D eigenvalue weighted by atomic mass is 9.96. The lowest BCUT2D eigenvalue weighted by Crippen LogP contribution is -2.02. The van der Waals surface area contributed by atoms with E-state index in [1.54, 1.807) is 0 Å². The summed E-state index contributed by atoms with van der Waals surface area (Å²) in [6.07, 6.45) is 0. The van der Waals surface area contributed by atoms with Crippen molar-refractivity contribution in [2.24, 2.45) is 0 Å². The second-order valence-electron chi connectivity index (χ2n) is 13.0. The minimum absolute atomic E-state index is 0.730. The molecule has 3 aromatic heterocycles. The van der Waals surface area contributed by atoms with Gasteiger partial charge in [0.25, 0.3) is 0 Å². The fourth-order valence-electron chi connectivity index (χ4n) is 7.89. The summed E-state index contributed by atoms with van der Waals surface area (Å²) in [5.74, 6) is 1.62. The van der Waals surface area contributed by atoms with Crippen LogP contribution >= 0.6 is 11.3 Å². The van der Waals surface area contributed by atoms with Gasteiger partial charge in [0.1, 0.15) is 5.82 Å². The summed E-state index contributed by atoms with van der Waals surface area (Å²) < 4.78 is 4.83. The van der Waals surface area contributed by atoms with Crippen molar-refractivity contribution in [3.63, 3.8) is 0 Å². The molecule has 0 amide bonds. The molecule has 0 radical (unpaired) electrons. The monoisotopic (exact) mass is 653 g/mol. The number of para-hydroxylation sites is 2. The lowest BCUT2D eigenvalue weighted by molar-refractivity contribution is 1.08. The van der Waals surface area contributed by atoms with Crippen LogP contribution in [-0.4, -0.2) is 14.5 Å². The molecule has 0 aliphatic carbocycles. The van der Waals surface area contributed by atoms with E-state index < -0.39 is 0 Å². The third kappa shape index (κ3) is 3.97. The number of hydrogen-bond donors (Lipinski definition) is 0. The van der Waals surface area contributed by atoms with Crippen molar-refractivity contribution in [3.8, 4) is 28.3 Å². The van der Waals surface area contributed by atoms with Crippen LogP contribution in [0.3, 0.4) is 0 Å². The van der Waals surface area contributed by atoms with Crippen molar-refractivity contribution in [3.05, 3.63) is 164 Å². The van der Waals surface area contributed by atoms with E-state index in [0.29, 0.717) is 0 Å². The van der Waals surface area contributed by atoms with Crippen molar-refractivity contribution in [2.45, 2.75) is 0 Å². The number of nitrogens with zero attached hydrogens (tertiary/aromatic N) is 3. The summed E-state index contributed by atoms with van der Waals surface area (Å²) in [4.78, 5) is 10.8. The zero-order valence-electron chi connectivity index (χ0n) is 26.8. The summed E-state index contributed by atoms with van der Waals surface area (Å²) >= 11 is 1.85. The lowest BCUT2D eigenvalue weighted by Gasteiger charge is -2.13.